The number of hydrogen-bond acceptors (Lipinski definition) is 6. The van der Waals surface area contributed by atoms with Gasteiger partial charge in [-0.25, -0.2) is 0 Å². The van der Waals surface area contributed by atoms with Crippen LogP contribution in [0.15, 0.2) is 77.2 Å². The van der Waals surface area contributed by atoms with Crippen molar-refractivity contribution in [2.24, 2.45) is 0 Å². The predicted molar refractivity (Wildman–Crippen MR) is 151 cm³/mol. The number of carbonyl (C=O) groups is 1. The normalized spacial score (nSPS) is 11.6. The van der Waals surface area contributed by atoms with Crippen LogP contribution in [0.4, 0.5) is 5.69 Å². The van der Waals surface area contributed by atoms with Crippen LogP contribution in [0, 0.1) is 18.3 Å². The molecular formula is C31H30N4O4. The van der Waals surface area contributed by atoms with Crippen LogP contribution in [-0.4, -0.2) is 21.9 Å². The Morgan fingerprint density at radius 3 is 2.36 bits per heavy atom. The SMILES string of the molecule is CCOc1ccc(NC(=O)/C(C#N)=C/c2c(Oc3ccc(C(C)(C)C)cc3)nc3c(C)cccn3c2=O)cc1. The minimum Gasteiger partial charge on any atom is -0.494 e. The van der Waals surface area contributed by atoms with Crippen molar-refractivity contribution in [3.8, 4) is 23.4 Å². The zero-order chi connectivity index (χ0) is 28.2. The molecule has 8 nitrogen and oxygen atoms in total. The minimum absolute atomic E-state index is 0.000532. The van der Waals surface area contributed by atoms with E-state index in [2.05, 4.69) is 31.1 Å². The summed E-state index contributed by atoms with van der Waals surface area (Å²) in [6.45, 7) is 10.6. The first-order valence-corrected chi connectivity index (χ1v) is 12.6. The molecule has 1 amide bonds. The molecule has 8 heteroatoms. The van der Waals surface area contributed by atoms with Crippen molar-refractivity contribution in [3.05, 3.63) is 99.5 Å². The number of fused-ring (bicyclic) bond motifs is 1. The number of carbonyl (C=O) groups excluding carboxylic acids is 1. The van der Waals surface area contributed by atoms with Crippen LogP contribution in [0.5, 0.6) is 17.4 Å². The Bertz CT molecular complexity index is 1640. The molecule has 39 heavy (non-hydrogen) atoms. The third-order valence-corrected chi connectivity index (χ3v) is 6.06. The first kappa shape index (κ1) is 27.1. The lowest BCUT2D eigenvalue weighted by Crippen LogP contribution is -2.20. The highest BCUT2D eigenvalue weighted by atomic mass is 16.5. The molecule has 2 aromatic carbocycles. The molecule has 0 atom stereocenters. The van der Waals surface area contributed by atoms with Crippen LogP contribution in [0.25, 0.3) is 11.7 Å². The van der Waals surface area contributed by atoms with Gasteiger partial charge in [0.1, 0.15) is 34.4 Å². The highest BCUT2D eigenvalue weighted by Crippen LogP contribution is 2.28. The van der Waals surface area contributed by atoms with Gasteiger partial charge in [0.05, 0.1) is 6.61 Å². The number of aromatic nitrogens is 2. The number of anilines is 1. The number of rotatable bonds is 7. The molecule has 0 bridgehead atoms. The largest absolute Gasteiger partial charge is 0.494 e. The lowest BCUT2D eigenvalue weighted by molar-refractivity contribution is -0.112. The van der Waals surface area contributed by atoms with Crippen LogP contribution < -0.4 is 20.3 Å². The maximum absolute atomic E-state index is 13.6. The standard InChI is InChI=1S/C31H30N4O4/c1-6-38-24-15-11-23(12-16-24)33-28(36)21(19-32)18-26-29(34-27-20(2)8-7-17-35(27)30(26)37)39-25-13-9-22(10-14-25)31(3,4)5/h7-18H,6H2,1-5H3,(H,33,36)/b21-18+. The number of nitrogens with zero attached hydrogens (tertiary/aromatic N) is 3. The lowest BCUT2D eigenvalue weighted by Gasteiger charge is -2.19. The molecule has 0 aliphatic rings. The molecule has 0 unspecified atom stereocenters. The van der Waals surface area contributed by atoms with Gasteiger partial charge in [0.2, 0.25) is 5.88 Å². The highest BCUT2D eigenvalue weighted by Gasteiger charge is 2.19. The quantitative estimate of drug-likeness (QED) is 0.234. The average Bonchev–Trinajstić information content (AvgIpc) is 2.90. The van der Waals surface area contributed by atoms with E-state index in [4.69, 9.17) is 9.47 Å². The molecule has 0 radical (unpaired) electrons. The molecule has 198 valence electrons. The van der Waals surface area contributed by atoms with E-state index in [1.165, 1.54) is 10.5 Å². The molecule has 0 saturated heterocycles. The van der Waals surface area contributed by atoms with Crippen LogP contribution in [-0.2, 0) is 10.2 Å². The van der Waals surface area contributed by atoms with Gasteiger partial charge < -0.3 is 14.8 Å². The summed E-state index contributed by atoms with van der Waals surface area (Å²) in [4.78, 5) is 31.1. The molecule has 0 fully saturated rings. The van der Waals surface area contributed by atoms with Crippen LogP contribution >= 0.6 is 0 Å². The highest BCUT2D eigenvalue weighted by molar-refractivity contribution is 6.09. The molecule has 4 rings (SSSR count). The third kappa shape index (κ3) is 6.16. The molecule has 1 N–H and O–H groups in total. The molecule has 0 spiro atoms. The summed E-state index contributed by atoms with van der Waals surface area (Å²) in [6.07, 6.45) is 2.80. The zero-order valence-electron chi connectivity index (χ0n) is 22.6. The average molecular weight is 523 g/mol. The van der Waals surface area contributed by atoms with Gasteiger partial charge in [-0.2, -0.15) is 10.2 Å². The summed E-state index contributed by atoms with van der Waals surface area (Å²) in [5.74, 6) is 0.463. The van der Waals surface area contributed by atoms with E-state index < -0.39 is 11.5 Å². The van der Waals surface area contributed by atoms with Crippen molar-refractivity contribution >= 4 is 23.3 Å². The lowest BCUT2D eigenvalue weighted by atomic mass is 9.87. The maximum atomic E-state index is 13.6. The number of benzene rings is 2. The number of nitrogens with one attached hydrogen (secondary N) is 1. The van der Waals surface area contributed by atoms with E-state index in [1.54, 1.807) is 48.7 Å². The second kappa shape index (κ2) is 11.2. The Hall–Kier alpha value is -4.90. The molecule has 0 saturated carbocycles. The summed E-state index contributed by atoms with van der Waals surface area (Å²) in [6, 6.07) is 19.8. The van der Waals surface area contributed by atoms with Crippen LogP contribution in [0.2, 0.25) is 0 Å². The van der Waals surface area contributed by atoms with Gasteiger partial charge >= 0.3 is 0 Å². The predicted octanol–water partition coefficient (Wildman–Crippen LogP) is 6.04. The van der Waals surface area contributed by atoms with Crippen molar-refractivity contribution in [2.75, 3.05) is 11.9 Å². The van der Waals surface area contributed by atoms with Crippen molar-refractivity contribution in [3.63, 3.8) is 0 Å². The molecule has 0 aliphatic carbocycles. The molecular weight excluding hydrogens is 492 g/mol. The summed E-state index contributed by atoms with van der Waals surface area (Å²) in [5.41, 5.74) is 1.98. The number of ether oxygens (including phenoxy) is 2. The van der Waals surface area contributed by atoms with E-state index in [-0.39, 0.29) is 22.4 Å². The first-order chi connectivity index (χ1) is 18.6. The smallest absolute Gasteiger partial charge is 0.269 e. The molecule has 4 aromatic rings. The molecule has 2 aromatic heterocycles. The summed E-state index contributed by atoms with van der Waals surface area (Å²) in [7, 11) is 0. The minimum atomic E-state index is -0.670. The van der Waals surface area contributed by atoms with Gasteiger partial charge in [-0.3, -0.25) is 14.0 Å². The van der Waals surface area contributed by atoms with Gasteiger partial charge in [0, 0.05) is 11.9 Å². The third-order valence-electron chi connectivity index (χ3n) is 6.06. The topological polar surface area (TPSA) is 106 Å². The van der Waals surface area contributed by atoms with Gasteiger partial charge in [-0.05, 0) is 78.9 Å². The van der Waals surface area contributed by atoms with Crippen LogP contribution in [0.3, 0.4) is 0 Å². The Kier molecular flexibility index (Phi) is 7.82. The second-order valence-electron chi connectivity index (χ2n) is 9.98. The molecule has 2 heterocycles. The van der Waals surface area contributed by atoms with Crippen molar-refractivity contribution in [2.45, 2.75) is 40.0 Å². The molecule has 0 aliphatic heterocycles. The fourth-order valence-electron chi connectivity index (χ4n) is 3.92. The van der Waals surface area contributed by atoms with Crippen LogP contribution in [0.1, 0.15) is 44.4 Å². The second-order valence-corrected chi connectivity index (χ2v) is 9.98. The number of hydrogen-bond donors (Lipinski definition) is 1. The Labute approximate surface area is 227 Å². The van der Waals surface area contributed by atoms with Gasteiger partial charge in [0.15, 0.2) is 0 Å². The summed E-state index contributed by atoms with van der Waals surface area (Å²) < 4.78 is 12.9. The Morgan fingerprint density at radius 2 is 1.74 bits per heavy atom. The number of nitriles is 1. The fraction of sp³-hybridized carbons (Fsp3) is 0.226. The monoisotopic (exact) mass is 522 g/mol. The Balaban J connectivity index is 1.75. The maximum Gasteiger partial charge on any atom is 0.269 e. The summed E-state index contributed by atoms with van der Waals surface area (Å²) in [5, 5.41) is 12.5. The summed E-state index contributed by atoms with van der Waals surface area (Å²) >= 11 is 0. The van der Waals surface area contributed by atoms with Gasteiger partial charge in [-0.1, -0.05) is 39.0 Å². The first-order valence-electron chi connectivity index (χ1n) is 12.6. The van der Waals surface area contributed by atoms with E-state index >= 15 is 0 Å². The zero-order valence-corrected chi connectivity index (χ0v) is 22.6. The van der Waals surface area contributed by atoms with Crippen molar-refractivity contribution < 1.29 is 14.3 Å². The van der Waals surface area contributed by atoms with E-state index in [1.807, 2.05) is 38.1 Å². The number of pyridine rings is 1. The number of amides is 1. The van der Waals surface area contributed by atoms with Crippen molar-refractivity contribution in [1.29, 1.82) is 5.26 Å². The van der Waals surface area contributed by atoms with Gasteiger partial charge in [0.25, 0.3) is 11.5 Å². The van der Waals surface area contributed by atoms with E-state index in [9.17, 15) is 14.9 Å². The van der Waals surface area contributed by atoms with E-state index in [0.29, 0.717) is 29.4 Å². The fourth-order valence-corrected chi connectivity index (χ4v) is 3.92. The number of aryl methyl sites for hydroxylation is 1. The van der Waals surface area contributed by atoms with Gasteiger partial charge in [-0.15, -0.1) is 0 Å². The Morgan fingerprint density at radius 1 is 1.08 bits per heavy atom. The van der Waals surface area contributed by atoms with E-state index in [0.717, 1.165) is 11.1 Å². The van der Waals surface area contributed by atoms with Crippen molar-refractivity contribution in [1.82, 2.24) is 9.38 Å².